The van der Waals surface area contributed by atoms with Crippen molar-refractivity contribution in [2.45, 2.75) is 0 Å². The Morgan fingerprint density at radius 1 is 0.857 bits per heavy atom. The third-order valence-corrected chi connectivity index (χ3v) is 5.47. The summed E-state index contributed by atoms with van der Waals surface area (Å²) in [5.41, 5.74) is 2.45. The van der Waals surface area contributed by atoms with E-state index in [1.54, 1.807) is 0 Å². The molecular formula is C24H15NO2S. The van der Waals surface area contributed by atoms with Gasteiger partial charge in [-0.2, -0.15) is 0 Å². The fraction of sp³-hybridized carbons (Fsp3) is 0. The molecule has 3 aromatic carbocycles. The van der Waals surface area contributed by atoms with Gasteiger partial charge in [0.1, 0.15) is 10.6 Å². The van der Waals surface area contributed by atoms with Crippen molar-refractivity contribution < 1.29 is 4.42 Å². The second-order valence-electron chi connectivity index (χ2n) is 6.46. The van der Waals surface area contributed by atoms with Crippen LogP contribution in [0.5, 0.6) is 0 Å². The fourth-order valence-corrected chi connectivity index (χ4v) is 3.98. The summed E-state index contributed by atoms with van der Waals surface area (Å²) in [6.45, 7) is 0. The Kier molecular flexibility index (Phi) is 4.11. The summed E-state index contributed by atoms with van der Waals surface area (Å²) < 4.78 is 5.58. The SMILES string of the molecule is O=c1oc2ccc3ccccc3c2cc1-c1csc(/C=C\c2ccccc2)n1. The molecule has 0 aliphatic carbocycles. The predicted octanol–water partition coefficient (Wildman–Crippen LogP) is 6.24. The molecule has 0 N–H and O–H groups in total. The zero-order valence-electron chi connectivity index (χ0n) is 14.8. The van der Waals surface area contributed by atoms with Crippen LogP contribution in [0.4, 0.5) is 0 Å². The van der Waals surface area contributed by atoms with Crippen LogP contribution in [-0.2, 0) is 0 Å². The summed E-state index contributed by atoms with van der Waals surface area (Å²) in [6.07, 6.45) is 3.97. The predicted molar refractivity (Wildman–Crippen MR) is 116 cm³/mol. The number of rotatable bonds is 3. The summed E-state index contributed by atoms with van der Waals surface area (Å²) in [4.78, 5) is 17.2. The molecule has 0 unspecified atom stereocenters. The van der Waals surface area contributed by atoms with Gasteiger partial charge >= 0.3 is 5.63 Å². The minimum Gasteiger partial charge on any atom is -0.422 e. The van der Waals surface area contributed by atoms with Crippen LogP contribution in [0.3, 0.4) is 0 Å². The zero-order valence-corrected chi connectivity index (χ0v) is 15.6. The van der Waals surface area contributed by atoms with Crippen LogP contribution in [0.2, 0.25) is 0 Å². The minimum absolute atomic E-state index is 0.369. The van der Waals surface area contributed by atoms with Crippen LogP contribution in [0.25, 0.3) is 45.2 Å². The van der Waals surface area contributed by atoms with E-state index in [-0.39, 0.29) is 5.63 Å². The van der Waals surface area contributed by atoms with Crippen LogP contribution < -0.4 is 5.63 Å². The van der Waals surface area contributed by atoms with Gasteiger partial charge in [-0.1, -0.05) is 66.7 Å². The molecule has 5 aromatic rings. The first kappa shape index (κ1) is 16.7. The van der Waals surface area contributed by atoms with Gasteiger partial charge in [0.15, 0.2) is 0 Å². The zero-order chi connectivity index (χ0) is 18.9. The van der Waals surface area contributed by atoms with Crippen molar-refractivity contribution >= 4 is 45.2 Å². The first-order valence-electron chi connectivity index (χ1n) is 8.92. The molecule has 0 spiro atoms. The second-order valence-corrected chi connectivity index (χ2v) is 7.35. The first-order chi connectivity index (χ1) is 13.8. The van der Waals surface area contributed by atoms with Gasteiger partial charge in [0.25, 0.3) is 0 Å². The molecule has 0 aliphatic heterocycles. The molecule has 0 fully saturated rings. The van der Waals surface area contributed by atoms with Gasteiger partial charge in [0, 0.05) is 10.8 Å². The topological polar surface area (TPSA) is 43.1 Å². The third kappa shape index (κ3) is 3.04. The van der Waals surface area contributed by atoms with E-state index in [1.807, 2.05) is 84.3 Å². The third-order valence-electron chi connectivity index (χ3n) is 4.66. The Morgan fingerprint density at radius 2 is 1.68 bits per heavy atom. The average molecular weight is 381 g/mol. The lowest BCUT2D eigenvalue weighted by Gasteiger charge is -2.04. The van der Waals surface area contributed by atoms with Crippen LogP contribution in [0, 0.1) is 0 Å². The summed E-state index contributed by atoms with van der Waals surface area (Å²) in [5.74, 6) is 0. The van der Waals surface area contributed by atoms with Crippen LogP contribution in [0.1, 0.15) is 10.6 Å². The van der Waals surface area contributed by atoms with Crippen molar-refractivity contribution in [3.8, 4) is 11.3 Å². The number of nitrogens with zero attached hydrogens (tertiary/aromatic N) is 1. The Morgan fingerprint density at radius 3 is 2.57 bits per heavy atom. The number of aromatic nitrogens is 1. The second kappa shape index (κ2) is 6.91. The van der Waals surface area contributed by atoms with Crippen LogP contribution >= 0.6 is 11.3 Å². The van der Waals surface area contributed by atoms with E-state index in [4.69, 9.17) is 4.42 Å². The largest absolute Gasteiger partial charge is 0.422 e. The molecule has 28 heavy (non-hydrogen) atoms. The van der Waals surface area contributed by atoms with Gasteiger partial charge in [-0.15, -0.1) is 11.3 Å². The highest BCUT2D eigenvalue weighted by molar-refractivity contribution is 7.10. The van der Waals surface area contributed by atoms with Crippen molar-refractivity contribution in [1.82, 2.24) is 4.98 Å². The quantitative estimate of drug-likeness (QED) is 0.274. The number of fused-ring (bicyclic) bond motifs is 3. The molecule has 134 valence electrons. The smallest absolute Gasteiger partial charge is 0.345 e. The van der Waals surface area contributed by atoms with Gasteiger partial charge in [-0.3, -0.25) is 0 Å². The van der Waals surface area contributed by atoms with Gasteiger partial charge < -0.3 is 4.42 Å². The molecule has 0 aliphatic rings. The minimum atomic E-state index is -0.369. The standard InChI is InChI=1S/C24H15NO2S/c26-24-20(14-19-18-9-5-4-8-17(18)11-12-22(19)27-24)21-15-28-23(25-21)13-10-16-6-2-1-3-7-16/h1-15H/b13-10-. The molecule has 0 amide bonds. The molecule has 5 rings (SSSR count). The number of benzene rings is 3. The number of thiazole rings is 1. The normalized spacial score (nSPS) is 11.6. The Labute approximate surface area is 165 Å². The summed E-state index contributed by atoms with van der Waals surface area (Å²) >= 11 is 1.50. The highest BCUT2D eigenvalue weighted by Crippen LogP contribution is 2.28. The molecule has 0 radical (unpaired) electrons. The molecule has 4 heteroatoms. The fourth-order valence-electron chi connectivity index (χ4n) is 3.27. The van der Waals surface area contributed by atoms with Crippen molar-refractivity contribution in [1.29, 1.82) is 0 Å². The maximum Gasteiger partial charge on any atom is 0.345 e. The molecule has 2 heterocycles. The summed E-state index contributed by atoms with van der Waals surface area (Å²) in [6, 6.07) is 23.8. The molecule has 0 saturated carbocycles. The monoisotopic (exact) mass is 381 g/mol. The van der Waals surface area contributed by atoms with Crippen molar-refractivity contribution in [2.24, 2.45) is 0 Å². The van der Waals surface area contributed by atoms with E-state index in [1.165, 1.54) is 11.3 Å². The van der Waals surface area contributed by atoms with E-state index >= 15 is 0 Å². The average Bonchev–Trinajstić information content (AvgIpc) is 3.21. The Hall–Kier alpha value is -3.50. The van der Waals surface area contributed by atoms with E-state index in [9.17, 15) is 4.79 Å². The molecular weight excluding hydrogens is 366 g/mol. The van der Waals surface area contributed by atoms with E-state index in [2.05, 4.69) is 11.1 Å². The van der Waals surface area contributed by atoms with Gasteiger partial charge in [-0.25, -0.2) is 9.78 Å². The molecule has 0 atom stereocenters. The maximum absolute atomic E-state index is 12.5. The Bertz CT molecular complexity index is 1380. The molecule has 3 nitrogen and oxygen atoms in total. The van der Waals surface area contributed by atoms with Crippen molar-refractivity contribution in [2.75, 3.05) is 0 Å². The number of hydrogen-bond donors (Lipinski definition) is 0. The highest BCUT2D eigenvalue weighted by atomic mass is 32.1. The van der Waals surface area contributed by atoms with Gasteiger partial charge in [0.05, 0.1) is 11.3 Å². The lowest BCUT2D eigenvalue weighted by atomic mass is 10.0. The van der Waals surface area contributed by atoms with E-state index < -0.39 is 0 Å². The van der Waals surface area contributed by atoms with Crippen molar-refractivity contribution in [3.05, 3.63) is 99.2 Å². The summed E-state index contributed by atoms with van der Waals surface area (Å²) in [7, 11) is 0. The van der Waals surface area contributed by atoms with Crippen LogP contribution in [0.15, 0.2) is 87.4 Å². The molecule has 0 saturated heterocycles. The highest BCUT2D eigenvalue weighted by Gasteiger charge is 2.12. The first-order valence-corrected chi connectivity index (χ1v) is 9.80. The van der Waals surface area contributed by atoms with Crippen LogP contribution in [-0.4, -0.2) is 4.98 Å². The number of hydrogen-bond acceptors (Lipinski definition) is 4. The van der Waals surface area contributed by atoms with E-state index in [0.29, 0.717) is 16.8 Å². The van der Waals surface area contributed by atoms with Gasteiger partial charge in [0.2, 0.25) is 0 Å². The lowest BCUT2D eigenvalue weighted by Crippen LogP contribution is -2.03. The lowest BCUT2D eigenvalue weighted by molar-refractivity contribution is 0.563. The van der Waals surface area contributed by atoms with E-state index in [0.717, 1.165) is 26.7 Å². The Balaban J connectivity index is 1.59. The molecule has 0 bridgehead atoms. The van der Waals surface area contributed by atoms with Crippen molar-refractivity contribution in [3.63, 3.8) is 0 Å². The van der Waals surface area contributed by atoms with Gasteiger partial charge in [-0.05, 0) is 34.5 Å². The molecule has 2 aromatic heterocycles. The summed E-state index contributed by atoms with van der Waals surface area (Å²) in [5, 5.41) is 5.83. The maximum atomic E-state index is 12.5.